The average molecular weight is 340 g/mol. The lowest BCUT2D eigenvalue weighted by Crippen LogP contribution is -2.15. The molecule has 5 heteroatoms. The minimum atomic E-state index is -0.861. The van der Waals surface area contributed by atoms with Crippen LogP contribution >= 0.6 is 11.6 Å². The first-order valence-corrected chi connectivity index (χ1v) is 7.88. The number of halogens is 3. The Hall–Kier alpha value is -1.65. The summed E-state index contributed by atoms with van der Waals surface area (Å²) in [7, 11) is 0. The Morgan fingerprint density at radius 1 is 1.09 bits per heavy atom. The van der Waals surface area contributed by atoms with Crippen molar-refractivity contribution in [3.8, 4) is 5.75 Å². The monoisotopic (exact) mass is 339 g/mol. The molecule has 0 saturated carbocycles. The average Bonchev–Trinajstić information content (AvgIpc) is 2.50. The predicted octanol–water partition coefficient (Wildman–Crippen LogP) is 4.69. The lowest BCUT2D eigenvalue weighted by Gasteiger charge is -2.17. The Morgan fingerprint density at radius 2 is 1.83 bits per heavy atom. The highest BCUT2D eigenvalue weighted by molar-refractivity contribution is 6.32. The molecule has 0 aliphatic heterocycles. The smallest absolute Gasteiger partial charge is 0.159 e. The molecule has 1 atom stereocenters. The molecule has 0 radical (unpaired) electrons. The van der Waals surface area contributed by atoms with Crippen LogP contribution in [0.1, 0.15) is 30.9 Å². The van der Waals surface area contributed by atoms with Crippen molar-refractivity contribution in [1.29, 1.82) is 0 Å². The molecular formula is C18H20ClF2NO. The van der Waals surface area contributed by atoms with Crippen LogP contribution in [0, 0.1) is 11.6 Å². The van der Waals surface area contributed by atoms with Crippen molar-refractivity contribution in [2.75, 3.05) is 6.54 Å². The number of rotatable bonds is 6. The molecule has 0 fully saturated rings. The summed E-state index contributed by atoms with van der Waals surface area (Å²) in [6.07, 6.45) is 0.626. The normalized spacial score (nSPS) is 12.5. The van der Waals surface area contributed by atoms with Crippen molar-refractivity contribution in [1.82, 2.24) is 0 Å². The van der Waals surface area contributed by atoms with Gasteiger partial charge in [-0.25, -0.2) is 8.78 Å². The third-order valence-electron chi connectivity index (χ3n) is 3.54. The standard InChI is InChI=1S/C18H20ClF2NO/c1-11(2)23-18-6-3-12(8-15(18)19)7-14(10-22)13-4-5-16(20)17(21)9-13/h3-6,8-9,11,14H,7,10,22H2,1-2H3. The van der Waals surface area contributed by atoms with Gasteiger partial charge in [-0.1, -0.05) is 23.7 Å². The number of hydrogen-bond donors (Lipinski definition) is 1. The van der Waals surface area contributed by atoms with Crippen molar-refractivity contribution in [3.63, 3.8) is 0 Å². The molecule has 2 nitrogen and oxygen atoms in total. The van der Waals surface area contributed by atoms with E-state index >= 15 is 0 Å². The van der Waals surface area contributed by atoms with Gasteiger partial charge in [-0.15, -0.1) is 0 Å². The van der Waals surface area contributed by atoms with Crippen LogP contribution in [-0.4, -0.2) is 12.6 Å². The van der Waals surface area contributed by atoms with Crippen LogP contribution in [-0.2, 0) is 6.42 Å². The van der Waals surface area contributed by atoms with Gasteiger partial charge in [-0.3, -0.25) is 0 Å². The van der Waals surface area contributed by atoms with E-state index in [1.165, 1.54) is 6.07 Å². The van der Waals surface area contributed by atoms with E-state index in [0.717, 1.165) is 11.6 Å². The van der Waals surface area contributed by atoms with Crippen LogP contribution in [0.4, 0.5) is 8.78 Å². The van der Waals surface area contributed by atoms with E-state index < -0.39 is 11.6 Å². The molecule has 0 bridgehead atoms. The highest BCUT2D eigenvalue weighted by Gasteiger charge is 2.14. The quantitative estimate of drug-likeness (QED) is 0.828. The minimum Gasteiger partial charge on any atom is -0.489 e. The third kappa shape index (κ3) is 4.66. The van der Waals surface area contributed by atoms with Crippen molar-refractivity contribution < 1.29 is 13.5 Å². The summed E-state index contributed by atoms with van der Waals surface area (Å²) in [4.78, 5) is 0. The highest BCUT2D eigenvalue weighted by Crippen LogP contribution is 2.29. The van der Waals surface area contributed by atoms with Gasteiger partial charge >= 0.3 is 0 Å². The molecule has 0 aliphatic rings. The molecule has 2 aromatic carbocycles. The second-order valence-corrected chi connectivity index (χ2v) is 6.15. The van der Waals surface area contributed by atoms with E-state index in [-0.39, 0.29) is 12.0 Å². The molecule has 0 aliphatic carbocycles. The Morgan fingerprint density at radius 3 is 2.39 bits per heavy atom. The molecule has 0 amide bonds. The molecule has 124 valence electrons. The zero-order chi connectivity index (χ0) is 17.0. The van der Waals surface area contributed by atoms with Crippen LogP contribution < -0.4 is 10.5 Å². The van der Waals surface area contributed by atoms with Gasteiger partial charge in [-0.2, -0.15) is 0 Å². The zero-order valence-electron chi connectivity index (χ0n) is 13.2. The summed E-state index contributed by atoms with van der Waals surface area (Å²) in [5.41, 5.74) is 7.44. The molecule has 2 N–H and O–H groups in total. The fourth-order valence-corrected chi connectivity index (χ4v) is 2.66. The predicted molar refractivity (Wildman–Crippen MR) is 89.1 cm³/mol. The largest absolute Gasteiger partial charge is 0.489 e. The van der Waals surface area contributed by atoms with E-state index in [4.69, 9.17) is 22.1 Å². The zero-order valence-corrected chi connectivity index (χ0v) is 13.9. The molecule has 2 rings (SSSR count). The van der Waals surface area contributed by atoms with Crippen molar-refractivity contribution >= 4 is 11.6 Å². The summed E-state index contributed by atoms with van der Waals surface area (Å²) in [6, 6.07) is 9.43. The molecule has 0 spiro atoms. The SMILES string of the molecule is CC(C)Oc1ccc(CC(CN)c2ccc(F)c(F)c2)cc1Cl. The Bertz CT molecular complexity index is 676. The second-order valence-electron chi connectivity index (χ2n) is 5.74. The van der Waals surface area contributed by atoms with Crippen LogP contribution in [0.25, 0.3) is 0 Å². The summed E-state index contributed by atoms with van der Waals surface area (Å²) < 4.78 is 32.1. The van der Waals surface area contributed by atoms with E-state index in [2.05, 4.69) is 0 Å². The lowest BCUT2D eigenvalue weighted by atomic mass is 9.92. The Labute approximate surface area is 140 Å². The molecule has 0 heterocycles. The summed E-state index contributed by atoms with van der Waals surface area (Å²) in [5, 5.41) is 0.525. The Balaban J connectivity index is 2.18. The van der Waals surface area contributed by atoms with Crippen molar-refractivity contribution in [2.24, 2.45) is 5.73 Å². The maximum Gasteiger partial charge on any atom is 0.159 e. The fraction of sp³-hybridized carbons (Fsp3) is 0.333. The maximum absolute atomic E-state index is 13.4. The van der Waals surface area contributed by atoms with Gasteiger partial charge in [0.1, 0.15) is 5.75 Å². The summed E-state index contributed by atoms with van der Waals surface area (Å²) >= 11 is 6.23. The summed E-state index contributed by atoms with van der Waals surface area (Å²) in [5.74, 6) is -1.21. The van der Waals surface area contributed by atoms with Gasteiger partial charge in [0.05, 0.1) is 11.1 Å². The van der Waals surface area contributed by atoms with Gasteiger partial charge in [0, 0.05) is 5.92 Å². The van der Waals surface area contributed by atoms with Gasteiger partial charge in [0.25, 0.3) is 0 Å². The van der Waals surface area contributed by atoms with Gasteiger partial charge in [-0.05, 0) is 62.2 Å². The number of benzene rings is 2. The Kier molecular flexibility index (Phi) is 5.97. The highest BCUT2D eigenvalue weighted by atomic mass is 35.5. The fourth-order valence-electron chi connectivity index (χ4n) is 2.41. The van der Waals surface area contributed by atoms with Crippen molar-refractivity contribution in [3.05, 3.63) is 64.2 Å². The number of hydrogen-bond acceptors (Lipinski definition) is 2. The van der Waals surface area contributed by atoms with E-state index in [9.17, 15) is 8.78 Å². The molecule has 0 saturated heterocycles. The third-order valence-corrected chi connectivity index (χ3v) is 3.84. The minimum absolute atomic E-state index is 0.0392. The number of ether oxygens (including phenoxy) is 1. The number of nitrogens with two attached hydrogens (primary N) is 1. The van der Waals surface area contributed by atoms with Crippen LogP contribution in [0.2, 0.25) is 5.02 Å². The maximum atomic E-state index is 13.4. The molecule has 2 aromatic rings. The molecule has 0 aromatic heterocycles. The van der Waals surface area contributed by atoms with Crippen LogP contribution in [0.15, 0.2) is 36.4 Å². The lowest BCUT2D eigenvalue weighted by molar-refractivity contribution is 0.242. The van der Waals surface area contributed by atoms with Gasteiger partial charge < -0.3 is 10.5 Å². The first-order chi connectivity index (χ1) is 10.9. The van der Waals surface area contributed by atoms with Gasteiger partial charge in [0.15, 0.2) is 11.6 Å². The molecule has 23 heavy (non-hydrogen) atoms. The molecular weight excluding hydrogens is 320 g/mol. The first-order valence-electron chi connectivity index (χ1n) is 7.50. The van der Waals surface area contributed by atoms with Crippen molar-refractivity contribution in [2.45, 2.75) is 32.3 Å². The topological polar surface area (TPSA) is 35.2 Å². The van der Waals surface area contributed by atoms with Crippen LogP contribution in [0.3, 0.4) is 0 Å². The van der Waals surface area contributed by atoms with E-state index in [1.54, 1.807) is 6.07 Å². The van der Waals surface area contributed by atoms with E-state index in [0.29, 0.717) is 29.3 Å². The summed E-state index contributed by atoms with van der Waals surface area (Å²) in [6.45, 7) is 4.18. The van der Waals surface area contributed by atoms with Gasteiger partial charge in [0.2, 0.25) is 0 Å². The first kappa shape index (κ1) is 17.7. The molecule has 1 unspecified atom stereocenters. The second kappa shape index (κ2) is 7.75. The van der Waals surface area contributed by atoms with E-state index in [1.807, 2.05) is 32.0 Å². The van der Waals surface area contributed by atoms with Crippen LogP contribution in [0.5, 0.6) is 5.75 Å².